The zero-order valence-electron chi connectivity index (χ0n) is 14.1. The maximum atomic E-state index is 12.6. The summed E-state index contributed by atoms with van der Waals surface area (Å²) >= 11 is 5.83. The molecule has 1 aromatic rings. The Balaban J connectivity index is 1.98. The van der Waals surface area contributed by atoms with Crippen molar-refractivity contribution in [2.75, 3.05) is 36.8 Å². The molecule has 0 aromatic carbocycles. The van der Waals surface area contributed by atoms with Crippen molar-refractivity contribution in [3.8, 4) is 0 Å². The predicted molar refractivity (Wildman–Crippen MR) is 95.2 cm³/mol. The number of carbonyl (C=O) groups is 1. The van der Waals surface area contributed by atoms with Gasteiger partial charge in [-0.05, 0) is 18.6 Å². The minimum Gasteiger partial charge on any atom is -0.354 e. The van der Waals surface area contributed by atoms with E-state index < -0.39 is 16.1 Å². The Morgan fingerprint density at radius 2 is 2.04 bits per heavy atom. The van der Waals surface area contributed by atoms with Crippen LogP contribution < -0.4 is 4.90 Å². The number of aromatic nitrogens is 1. The van der Waals surface area contributed by atoms with Gasteiger partial charge in [0.15, 0.2) is 0 Å². The number of halogens is 1. The molecule has 10 heteroatoms. The lowest BCUT2D eigenvalue weighted by atomic mass is 10.2. The molecular formula is C15H23ClN4O4S. The summed E-state index contributed by atoms with van der Waals surface area (Å²) < 4.78 is 26.6. The first-order chi connectivity index (χ1) is 11.9. The SMILES string of the molecule is CCCC(CS(=O)(=O)N1CCN(c2ccc(Cl)cn2)CC1)N(O)C=O. The summed E-state index contributed by atoms with van der Waals surface area (Å²) in [4.78, 5) is 17.0. The molecule has 1 atom stereocenters. The van der Waals surface area contributed by atoms with Crippen molar-refractivity contribution in [3.05, 3.63) is 23.4 Å². The van der Waals surface area contributed by atoms with E-state index in [4.69, 9.17) is 11.6 Å². The van der Waals surface area contributed by atoms with Gasteiger partial charge in [0.2, 0.25) is 16.4 Å². The van der Waals surface area contributed by atoms with Crippen LogP contribution in [0.4, 0.5) is 5.82 Å². The second-order valence-electron chi connectivity index (χ2n) is 5.93. The van der Waals surface area contributed by atoms with Crippen molar-refractivity contribution in [1.29, 1.82) is 0 Å². The first kappa shape index (κ1) is 19.9. The molecule has 1 saturated heterocycles. The number of nitrogens with zero attached hydrogens (tertiary/aromatic N) is 4. The van der Waals surface area contributed by atoms with Crippen molar-refractivity contribution < 1.29 is 18.4 Å². The number of anilines is 1. The molecule has 1 aliphatic rings. The average Bonchev–Trinajstić information content (AvgIpc) is 2.61. The van der Waals surface area contributed by atoms with Gasteiger partial charge in [-0.3, -0.25) is 10.0 Å². The highest BCUT2D eigenvalue weighted by molar-refractivity contribution is 7.89. The second kappa shape index (κ2) is 8.79. The summed E-state index contributed by atoms with van der Waals surface area (Å²) in [6.45, 7) is 3.57. The molecule has 2 rings (SSSR count). The molecule has 1 aromatic heterocycles. The number of rotatable bonds is 8. The minimum atomic E-state index is -3.57. The first-order valence-electron chi connectivity index (χ1n) is 8.14. The summed E-state index contributed by atoms with van der Waals surface area (Å²) in [7, 11) is -3.57. The lowest BCUT2D eigenvalue weighted by Gasteiger charge is -2.35. The number of hydrogen-bond donors (Lipinski definition) is 1. The molecule has 0 radical (unpaired) electrons. The van der Waals surface area contributed by atoms with Gasteiger partial charge in [-0.1, -0.05) is 24.9 Å². The van der Waals surface area contributed by atoms with E-state index in [0.717, 1.165) is 5.82 Å². The largest absolute Gasteiger partial charge is 0.354 e. The number of carbonyl (C=O) groups excluding carboxylic acids is 1. The van der Waals surface area contributed by atoms with E-state index in [1.54, 1.807) is 18.3 Å². The maximum absolute atomic E-state index is 12.6. The zero-order chi connectivity index (χ0) is 18.4. The van der Waals surface area contributed by atoms with Crippen LogP contribution in [0.1, 0.15) is 19.8 Å². The molecule has 0 aliphatic carbocycles. The van der Waals surface area contributed by atoms with Crippen LogP contribution in [0.3, 0.4) is 0 Å². The summed E-state index contributed by atoms with van der Waals surface area (Å²) in [5, 5.41) is 10.6. The summed E-state index contributed by atoms with van der Waals surface area (Å²) in [5.41, 5.74) is 0. The second-order valence-corrected chi connectivity index (χ2v) is 8.38. The number of hydrogen-bond acceptors (Lipinski definition) is 6. The molecule has 1 unspecified atom stereocenters. The average molecular weight is 391 g/mol. The van der Waals surface area contributed by atoms with Crippen LogP contribution in [0.25, 0.3) is 0 Å². The Bertz CT molecular complexity index is 663. The number of sulfonamides is 1. The van der Waals surface area contributed by atoms with Gasteiger partial charge in [-0.25, -0.2) is 18.5 Å². The lowest BCUT2D eigenvalue weighted by Crippen LogP contribution is -2.51. The minimum absolute atomic E-state index is 0.250. The fraction of sp³-hybridized carbons (Fsp3) is 0.600. The molecule has 140 valence electrons. The van der Waals surface area contributed by atoms with Crippen LogP contribution in [0.2, 0.25) is 5.02 Å². The fourth-order valence-corrected chi connectivity index (χ4v) is 4.66. The number of amides is 1. The quantitative estimate of drug-likeness (QED) is 0.407. The highest BCUT2D eigenvalue weighted by atomic mass is 35.5. The molecule has 1 N–H and O–H groups in total. The predicted octanol–water partition coefficient (Wildman–Crippen LogP) is 1.20. The van der Waals surface area contributed by atoms with Crippen LogP contribution in [0.5, 0.6) is 0 Å². The van der Waals surface area contributed by atoms with Crippen molar-refractivity contribution >= 4 is 33.9 Å². The van der Waals surface area contributed by atoms with E-state index in [2.05, 4.69) is 4.98 Å². The van der Waals surface area contributed by atoms with Gasteiger partial charge in [0, 0.05) is 32.4 Å². The Morgan fingerprint density at radius 3 is 2.56 bits per heavy atom. The van der Waals surface area contributed by atoms with E-state index in [1.165, 1.54) is 4.31 Å². The van der Waals surface area contributed by atoms with Crippen molar-refractivity contribution in [3.63, 3.8) is 0 Å². The molecule has 0 bridgehead atoms. The van der Waals surface area contributed by atoms with Crippen molar-refractivity contribution in [2.45, 2.75) is 25.8 Å². The highest BCUT2D eigenvalue weighted by Crippen LogP contribution is 2.18. The van der Waals surface area contributed by atoms with Gasteiger partial charge in [-0.2, -0.15) is 4.31 Å². The molecule has 1 amide bonds. The van der Waals surface area contributed by atoms with Gasteiger partial charge < -0.3 is 4.90 Å². The summed E-state index contributed by atoms with van der Waals surface area (Å²) in [6.07, 6.45) is 2.90. The molecule has 1 aliphatic heterocycles. The highest BCUT2D eigenvalue weighted by Gasteiger charge is 2.31. The normalized spacial score (nSPS) is 17.3. The van der Waals surface area contributed by atoms with E-state index in [1.807, 2.05) is 11.8 Å². The fourth-order valence-electron chi connectivity index (χ4n) is 2.81. The Kier molecular flexibility index (Phi) is 7.00. The Morgan fingerprint density at radius 1 is 1.36 bits per heavy atom. The molecule has 8 nitrogen and oxygen atoms in total. The van der Waals surface area contributed by atoms with Gasteiger partial charge in [-0.15, -0.1) is 0 Å². The third-order valence-corrected chi connectivity index (χ3v) is 6.36. The molecular weight excluding hydrogens is 368 g/mol. The number of pyridine rings is 1. The van der Waals surface area contributed by atoms with Gasteiger partial charge in [0.25, 0.3) is 0 Å². The third kappa shape index (κ3) is 5.27. The molecule has 2 heterocycles. The van der Waals surface area contributed by atoms with Crippen LogP contribution in [0.15, 0.2) is 18.3 Å². The molecule has 0 spiro atoms. The number of hydroxylamine groups is 2. The Labute approximate surface area is 153 Å². The van der Waals surface area contributed by atoms with Crippen LogP contribution in [-0.4, -0.2) is 72.4 Å². The van der Waals surface area contributed by atoms with Gasteiger partial charge in [0.05, 0.1) is 16.8 Å². The first-order valence-corrected chi connectivity index (χ1v) is 10.1. The monoisotopic (exact) mass is 390 g/mol. The van der Waals surface area contributed by atoms with Crippen LogP contribution >= 0.6 is 11.6 Å². The molecule has 1 fully saturated rings. The topological polar surface area (TPSA) is 94.1 Å². The van der Waals surface area contributed by atoms with E-state index in [-0.39, 0.29) is 12.2 Å². The molecule has 25 heavy (non-hydrogen) atoms. The van der Waals surface area contributed by atoms with Crippen LogP contribution in [0, 0.1) is 0 Å². The standard InChI is InChI=1S/C15H23ClN4O4S/c1-2-3-14(20(22)12-21)11-25(23,24)19-8-6-18(7-9-19)15-5-4-13(16)10-17-15/h4-5,10,12,14,22H,2-3,6-9,11H2,1H3. The Hall–Kier alpha value is -1.42. The van der Waals surface area contributed by atoms with Gasteiger partial charge >= 0.3 is 0 Å². The molecule has 0 saturated carbocycles. The van der Waals surface area contributed by atoms with Crippen LogP contribution in [-0.2, 0) is 14.8 Å². The maximum Gasteiger partial charge on any atom is 0.233 e. The van der Waals surface area contributed by atoms with E-state index >= 15 is 0 Å². The number of piperazine rings is 1. The lowest BCUT2D eigenvalue weighted by molar-refractivity contribution is -0.158. The summed E-state index contributed by atoms with van der Waals surface area (Å²) in [6, 6.07) is 2.82. The van der Waals surface area contributed by atoms with Crippen molar-refractivity contribution in [1.82, 2.24) is 14.4 Å². The van der Waals surface area contributed by atoms with E-state index in [0.29, 0.717) is 49.1 Å². The zero-order valence-corrected chi connectivity index (χ0v) is 15.7. The van der Waals surface area contributed by atoms with Gasteiger partial charge in [0.1, 0.15) is 5.82 Å². The van der Waals surface area contributed by atoms with Crippen molar-refractivity contribution in [2.24, 2.45) is 0 Å². The smallest absolute Gasteiger partial charge is 0.233 e. The van der Waals surface area contributed by atoms with E-state index in [9.17, 15) is 18.4 Å². The third-order valence-electron chi connectivity index (χ3n) is 4.17. The summed E-state index contributed by atoms with van der Waals surface area (Å²) in [5.74, 6) is 0.475.